The smallest absolute Gasteiger partial charge is 0.194 e. The van der Waals surface area contributed by atoms with Crippen LogP contribution in [0.5, 0.6) is 0 Å². The molecule has 164 valence electrons. The van der Waals surface area contributed by atoms with E-state index in [2.05, 4.69) is 16.8 Å². The first kappa shape index (κ1) is 22.2. The van der Waals surface area contributed by atoms with Gasteiger partial charge in [0.2, 0.25) is 0 Å². The summed E-state index contributed by atoms with van der Waals surface area (Å²) in [4.78, 5) is 5.64. The first-order valence-electron chi connectivity index (χ1n) is 9.48. The summed E-state index contributed by atoms with van der Waals surface area (Å²) in [6.07, 6.45) is 1.77. The van der Waals surface area contributed by atoms with Gasteiger partial charge in [-0.05, 0) is 49.9 Å². The zero-order chi connectivity index (χ0) is 22.6. The average Bonchev–Trinajstić information content (AvgIpc) is 2.98. The number of aliphatic imine (C=N–C) groups is 1. The van der Waals surface area contributed by atoms with Gasteiger partial charge in [-0.3, -0.25) is 4.99 Å². The van der Waals surface area contributed by atoms with Crippen LogP contribution in [-0.2, 0) is 21.8 Å². The zero-order valence-electron chi connectivity index (χ0n) is 16.4. The molecular formula is C21H18ClF3N2O2S2. The summed E-state index contributed by atoms with van der Waals surface area (Å²) in [6.45, 7) is 1.68. The van der Waals surface area contributed by atoms with Crippen LogP contribution in [-0.4, -0.2) is 24.8 Å². The maximum absolute atomic E-state index is 13.3. The Bertz CT molecular complexity index is 1250. The van der Waals surface area contributed by atoms with Crippen LogP contribution in [0.1, 0.15) is 41.5 Å². The van der Waals surface area contributed by atoms with Crippen molar-refractivity contribution in [1.82, 2.24) is 0 Å². The maximum atomic E-state index is 13.3. The van der Waals surface area contributed by atoms with Crippen LogP contribution in [0.15, 0.2) is 23.2 Å². The SMILES string of the molecule is CC1(c2sc(C#CCc3cc(F)c(F)c(F)c3)cc2Cl)CS(=O)(=O)C2(CCC2)C(N)=N1. The van der Waals surface area contributed by atoms with Crippen LogP contribution < -0.4 is 5.73 Å². The lowest BCUT2D eigenvalue weighted by Gasteiger charge is -2.46. The molecule has 1 fully saturated rings. The predicted molar refractivity (Wildman–Crippen MR) is 116 cm³/mol. The number of benzene rings is 1. The van der Waals surface area contributed by atoms with E-state index in [0.29, 0.717) is 27.6 Å². The molecule has 1 unspecified atom stereocenters. The number of sulfone groups is 1. The largest absolute Gasteiger partial charge is 0.386 e. The Labute approximate surface area is 187 Å². The van der Waals surface area contributed by atoms with Crippen molar-refractivity contribution in [2.75, 3.05) is 5.75 Å². The molecule has 31 heavy (non-hydrogen) atoms. The average molecular weight is 487 g/mol. The highest BCUT2D eigenvalue weighted by Gasteiger charge is 2.58. The van der Waals surface area contributed by atoms with E-state index in [4.69, 9.17) is 17.3 Å². The summed E-state index contributed by atoms with van der Waals surface area (Å²) in [5.74, 6) is 1.49. The number of halogens is 4. The van der Waals surface area contributed by atoms with Gasteiger partial charge >= 0.3 is 0 Å². The van der Waals surface area contributed by atoms with Gasteiger partial charge in [0.25, 0.3) is 0 Å². The highest BCUT2D eigenvalue weighted by molar-refractivity contribution is 7.93. The van der Waals surface area contributed by atoms with E-state index in [9.17, 15) is 21.6 Å². The number of thiophene rings is 1. The molecule has 1 spiro atoms. The van der Waals surface area contributed by atoms with E-state index in [1.165, 1.54) is 11.3 Å². The predicted octanol–water partition coefficient (Wildman–Crippen LogP) is 4.34. The van der Waals surface area contributed by atoms with Crippen molar-refractivity contribution < 1.29 is 21.6 Å². The molecule has 1 aliphatic heterocycles. The van der Waals surface area contributed by atoms with Crippen LogP contribution in [0.4, 0.5) is 13.2 Å². The van der Waals surface area contributed by atoms with Crippen LogP contribution in [0.3, 0.4) is 0 Å². The Morgan fingerprint density at radius 2 is 1.87 bits per heavy atom. The Hall–Kier alpha value is -2.02. The van der Waals surface area contributed by atoms with Crippen molar-refractivity contribution in [3.05, 3.63) is 56.0 Å². The number of nitrogens with zero attached hydrogens (tertiary/aromatic N) is 1. The highest BCUT2D eigenvalue weighted by atomic mass is 35.5. The molecule has 4 nitrogen and oxygen atoms in total. The highest BCUT2D eigenvalue weighted by Crippen LogP contribution is 2.49. The topological polar surface area (TPSA) is 72.5 Å². The monoisotopic (exact) mass is 486 g/mol. The molecule has 0 bridgehead atoms. The Morgan fingerprint density at radius 3 is 2.42 bits per heavy atom. The van der Waals surface area contributed by atoms with E-state index in [0.717, 1.165) is 18.6 Å². The molecular weight excluding hydrogens is 469 g/mol. The summed E-state index contributed by atoms with van der Waals surface area (Å²) in [6, 6.07) is 3.38. The van der Waals surface area contributed by atoms with Gasteiger partial charge in [0.1, 0.15) is 16.1 Å². The fraction of sp³-hybridized carbons (Fsp3) is 0.381. The van der Waals surface area contributed by atoms with E-state index < -0.39 is 37.6 Å². The summed E-state index contributed by atoms with van der Waals surface area (Å²) in [5.41, 5.74) is 5.19. The van der Waals surface area contributed by atoms with Gasteiger partial charge in [0.15, 0.2) is 27.3 Å². The van der Waals surface area contributed by atoms with Crippen molar-refractivity contribution in [3.63, 3.8) is 0 Å². The molecule has 0 saturated heterocycles. The van der Waals surface area contributed by atoms with Gasteiger partial charge in [0, 0.05) is 6.42 Å². The molecule has 2 N–H and O–H groups in total. The first-order valence-corrected chi connectivity index (χ1v) is 12.3. The third-order valence-electron chi connectivity index (χ3n) is 5.79. The van der Waals surface area contributed by atoms with Crippen LogP contribution >= 0.6 is 22.9 Å². The first-order chi connectivity index (χ1) is 14.5. The lowest BCUT2D eigenvalue weighted by atomic mass is 9.82. The molecule has 1 saturated carbocycles. The minimum atomic E-state index is -3.51. The molecule has 1 aromatic carbocycles. The van der Waals surface area contributed by atoms with Gasteiger partial charge in [-0.2, -0.15) is 0 Å². The molecule has 1 atom stereocenters. The van der Waals surface area contributed by atoms with Crippen LogP contribution in [0.25, 0.3) is 0 Å². The van der Waals surface area contributed by atoms with Crippen molar-refractivity contribution in [3.8, 4) is 11.8 Å². The van der Waals surface area contributed by atoms with E-state index >= 15 is 0 Å². The number of hydrogen-bond donors (Lipinski definition) is 1. The Morgan fingerprint density at radius 1 is 1.23 bits per heavy atom. The fourth-order valence-electron chi connectivity index (χ4n) is 3.99. The lowest BCUT2D eigenvalue weighted by Crippen LogP contribution is -2.61. The third-order valence-corrected chi connectivity index (χ3v) is 10.2. The van der Waals surface area contributed by atoms with E-state index in [1.807, 2.05) is 0 Å². The lowest BCUT2D eigenvalue weighted by molar-refractivity contribution is 0.393. The molecule has 1 aromatic heterocycles. The normalized spacial score (nSPS) is 23.6. The van der Waals surface area contributed by atoms with Gasteiger partial charge in [-0.15, -0.1) is 11.3 Å². The molecule has 1 aliphatic carbocycles. The maximum Gasteiger partial charge on any atom is 0.194 e. The Kier molecular flexibility index (Phi) is 5.39. The summed E-state index contributed by atoms with van der Waals surface area (Å²) >= 11 is 7.58. The van der Waals surface area contributed by atoms with Crippen molar-refractivity contribution >= 4 is 38.6 Å². The summed E-state index contributed by atoms with van der Waals surface area (Å²) in [5, 5.41) is 0.326. The standard InChI is InChI=1S/C21H18ClF3N2O2S2/c1-20(11-31(28,29)21(6-3-7-21)19(26)27-20)18-14(22)10-13(30-18)5-2-4-12-8-15(23)17(25)16(24)9-12/h8-10H,3-4,6-7,11H2,1H3,(H2,26,27). The Balaban J connectivity index is 1.61. The molecule has 4 rings (SSSR count). The zero-order valence-corrected chi connectivity index (χ0v) is 18.8. The van der Waals surface area contributed by atoms with Crippen LogP contribution in [0.2, 0.25) is 5.02 Å². The van der Waals surface area contributed by atoms with Gasteiger partial charge < -0.3 is 5.73 Å². The van der Waals surface area contributed by atoms with Crippen LogP contribution in [0, 0.1) is 29.3 Å². The van der Waals surface area contributed by atoms with Gasteiger partial charge in [0.05, 0.1) is 20.5 Å². The van der Waals surface area contributed by atoms with Crippen molar-refractivity contribution in [2.24, 2.45) is 10.7 Å². The quantitative estimate of drug-likeness (QED) is 0.507. The number of amidine groups is 1. The number of nitrogens with two attached hydrogens (primary N) is 1. The molecule has 0 amide bonds. The summed E-state index contributed by atoms with van der Waals surface area (Å²) in [7, 11) is -3.51. The molecule has 10 heteroatoms. The molecule has 2 aliphatic rings. The summed E-state index contributed by atoms with van der Waals surface area (Å²) < 4.78 is 64.6. The molecule has 2 heterocycles. The fourth-order valence-corrected chi connectivity index (χ4v) is 8.09. The third kappa shape index (κ3) is 3.65. The molecule has 2 aromatic rings. The van der Waals surface area contributed by atoms with E-state index in [1.54, 1.807) is 13.0 Å². The number of hydrogen-bond acceptors (Lipinski definition) is 5. The minimum absolute atomic E-state index is 0.00175. The van der Waals surface area contributed by atoms with Gasteiger partial charge in [-0.1, -0.05) is 23.4 Å². The van der Waals surface area contributed by atoms with Crippen molar-refractivity contribution in [2.45, 2.75) is 42.9 Å². The van der Waals surface area contributed by atoms with Gasteiger partial charge in [-0.25, -0.2) is 21.6 Å². The number of rotatable bonds is 2. The van der Waals surface area contributed by atoms with Crippen molar-refractivity contribution in [1.29, 1.82) is 0 Å². The second-order valence-corrected chi connectivity index (χ2v) is 11.8. The second kappa shape index (κ2) is 7.54. The van der Waals surface area contributed by atoms with E-state index in [-0.39, 0.29) is 23.6 Å². The second-order valence-electron chi connectivity index (χ2n) is 8.02. The minimum Gasteiger partial charge on any atom is -0.386 e. The molecule has 0 radical (unpaired) electrons.